The molecule has 0 saturated carbocycles. The van der Waals surface area contributed by atoms with E-state index in [1.165, 1.54) is 43.3 Å². The van der Waals surface area contributed by atoms with Crippen molar-refractivity contribution >= 4 is 33.4 Å². The van der Waals surface area contributed by atoms with Gasteiger partial charge in [0.05, 0.1) is 10.5 Å². The van der Waals surface area contributed by atoms with E-state index in [1.807, 2.05) is 13.8 Å². The topological polar surface area (TPSA) is 128 Å². The molecule has 9 nitrogen and oxygen atoms in total. The first kappa shape index (κ1) is 23.0. The van der Waals surface area contributed by atoms with Crippen molar-refractivity contribution < 1.29 is 27.3 Å². The number of sulfonamides is 1. The molecule has 0 fully saturated rings. The molecule has 0 radical (unpaired) electrons. The van der Waals surface area contributed by atoms with Crippen LogP contribution in [0.2, 0.25) is 0 Å². The zero-order chi connectivity index (χ0) is 23.5. The Balaban J connectivity index is 1.62. The normalized spacial score (nSPS) is 12.1. The molecule has 0 aliphatic carbocycles. The molecule has 0 aliphatic rings. The number of benzene rings is 2. The molecule has 1 heterocycles. The summed E-state index contributed by atoms with van der Waals surface area (Å²) in [6, 6.07) is 12.1. The van der Waals surface area contributed by atoms with Crippen LogP contribution in [0, 0.1) is 20.8 Å². The summed E-state index contributed by atoms with van der Waals surface area (Å²) in [5.41, 5.74) is 2.30. The van der Waals surface area contributed by atoms with E-state index >= 15 is 0 Å². The van der Waals surface area contributed by atoms with Gasteiger partial charge >= 0.3 is 5.97 Å². The highest BCUT2D eigenvalue weighted by atomic mass is 32.2. The highest BCUT2D eigenvalue weighted by molar-refractivity contribution is 7.92. The largest absolute Gasteiger partial charge is 0.449 e. The fraction of sp³-hybridized carbons (Fsp3) is 0.227. The maximum atomic E-state index is 12.6. The number of nitrogens with one attached hydrogen (secondary N) is 2. The van der Waals surface area contributed by atoms with Crippen molar-refractivity contribution in [3.63, 3.8) is 0 Å². The first-order valence-electron chi connectivity index (χ1n) is 9.70. The Kier molecular flexibility index (Phi) is 6.64. The van der Waals surface area contributed by atoms with Crippen LogP contribution < -0.4 is 10.0 Å². The van der Waals surface area contributed by atoms with Crippen molar-refractivity contribution in [2.75, 3.05) is 10.0 Å². The van der Waals surface area contributed by atoms with Gasteiger partial charge in [-0.3, -0.25) is 9.52 Å². The number of carbonyl (C=O) groups is 2. The van der Waals surface area contributed by atoms with E-state index < -0.39 is 28.0 Å². The van der Waals surface area contributed by atoms with E-state index in [2.05, 4.69) is 15.2 Å². The third-order valence-corrected chi connectivity index (χ3v) is 6.07. The zero-order valence-electron chi connectivity index (χ0n) is 18.0. The summed E-state index contributed by atoms with van der Waals surface area (Å²) >= 11 is 0. The summed E-state index contributed by atoms with van der Waals surface area (Å²) in [5.74, 6) is -0.550. The number of nitrogens with zero attached hydrogens (tertiary/aromatic N) is 1. The van der Waals surface area contributed by atoms with Crippen LogP contribution in [0.3, 0.4) is 0 Å². The first-order valence-corrected chi connectivity index (χ1v) is 11.2. The van der Waals surface area contributed by atoms with Gasteiger partial charge in [0, 0.05) is 11.8 Å². The fourth-order valence-electron chi connectivity index (χ4n) is 2.70. The summed E-state index contributed by atoms with van der Waals surface area (Å²) in [7, 11) is -3.78. The third kappa shape index (κ3) is 5.52. The van der Waals surface area contributed by atoms with Crippen molar-refractivity contribution in [2.24, 2.45) is 0 Å². The molecule has 2 N–H and O–H groups in total. The smallest absolute Gasteiger partial charge is 0.338 e. The second-order valence-corrected chi connectivity index (χ2v) is 8.97. The summed E-state index contributed by atoms with van der Waals surface area (Å²) in [6.07, 6.45) is -1.08. The van der Waals surface area contributed by atoms with Gasteiger partial charge in [-0.15, -0.1) is 0 Å². The monoisotopic (exact) mass is 457 g/mol. The van der Waals surface area contributed by atoms with Gasteiger partial charge < -0.3 is 14.6 Å². The van der Waals surface area contributed by atoms with Crippen molar-refractivity contribution in [2.45, 2.75) is 38.7 Å². The van der Waals surface area contributed by atoms with Gasteiger partial charge in [-0.05, 0) is 75.2 Å². The minimum absolute atomic E-state index is 0.145. The Morgan fingerprint density at radius 1 is 1.00 bits per heavy atom. The van der Waals surface area contributed by atoms with Crippen molar-refractivity contribution in [1.82, 2.24) is 5.16 Å². The van der Waals surface area contributed by atoms with E-state index in [9.17, 15) is 18.0 Å². The van der Waals surface area contributed by atoms with Crippen LogP contribution in [0.15, 0.2) is 57.9 Å². The van der Waals surface area contributed by atoms with Gasteiger partial charge in [0.15, 0.2) is 11.9 Å². The fourth-order valence-corrected chi connectivity index (χ4v) is 3.85. The van der Waals surface area contributed by atoms with Crippen molar-refractivity contribution in [3.8, 4) is 0 Å². The van der Waals surface area contributed by atoms with E-state index in [0.717, 1.165) is 11.1 Å². The van der Waals surface area contributed by atoms with Crippen LogP contribution in [0.1, 0.15) is 34.2 Å². The third-order valence-electron chi connectivity index (χ3n) is 4.69. The average molecular weight is 458 g/mol. The lowest BCUT2D eigenvalue weighted by molar-refractivity contribution is -0.123. The summed E-state index contributed by atoms with van der Waals surface area (Å²) in [4.78, 5) is 24.6. The molecule has 1 atom stereocenters. The number of amides is 1. The predicted octanol–water partition coefficient (Wildman–Crippen LogP) is 3.58. The second-order valence-electron chi connectivity index (χ2n) is 7.29. The summed E-state index contributed by atoms with van der Waals surface area (Å²) < 4.78 is 37.7. The predicted molar refractivity (Wildman–Crippen MR) is 118 cm³/mol. The average Bonchev–Trinajstić information content (AvgIpc) is 3.14. The number of esters is 1. The van der Waals surface area contributed by atoms with Gasteiger partial charge in [-0.25, -0.2) is 13.2 Å². The number of aromatic nitrogens is 1. The number of aryl methyl sites for hydroxylation is 3. The molecule has 3 rings (SSSR count). The minimum atomic E-state index is -3.78. The molecule has 10 heteroatoms. The molecular weight excluding hydrogens is 434 g/mol. The lowest BCUT2D eigenvalue weighted by Gasteiger charge is -2.13. The molecule has 0 bridgehead atoms. The summed E-state index contributed by atoms with van der Waals surface area (Å²) in [5, 5.41) is 6.12. The number of hydrogen-bond donors (Lipinski definition) is 2. The Labute approximate surface area is 185 Å². The van der Waals surface area contributed by atoms with Crippen LogP contribution >= 0.6 is 0 Å². The molecule has 1 amide bonds. The molecule has 32 heavy (non-hydrogen) atoms. The molecule has 168 valence electrons. The number of ether oxygens (including phenoxy) is 1. The molecule has 0 saturated heterocycles. The van der Waals surface area contributed by atoms with Crippen LogP contribution in [-0.2, 0) is 19.6 Å². The first-order chi connectivity index (χ1) is 15.0. The van der Waals surface area contributed by atoms with Gasteiger partial charge in [-0.2, -0.15) is 0 Å². The van der Waals surface area contributed by atoms with Gasteiger partial charge in [0.1, 0.15) is 5.76 Å². The van der Waals surface area contributed by atoms with Crippen LogP contribution in [0.25, 0.3) is 0 Å². The molecular formula is C22H23N3O6S. The Morgan fingerprint density at radius 2 is 1.69 bits per heavy atom. The maximum Gasteiger partial charge on any atom is 0.338 e. The minimum Gasteiger partial charge on any atom is -0.449 e. The van der Waals surface area contributed by atoms with Gasteiger partial charge in [-0.1, -0.05) is 11.2 Å². The number of hydrogen-bond acceptors (Lipinski definition) is 7. The van der Waals surface area contributed by atoms with Crippen LogP contribution in [0.4, 0.5) is 11.5 Å². The van der Waals surface area contributed by atoms with E-state index in [-0.39, 0.29) is 22.0 Å². The lowest BCUT2D eigenvalue weighted by atomic mass is 10.1. The Hall–Kier alpha value is -3.66. The highest BCUT2D eigenvalue weighted by Gasteiger charge is 2.21. The van der Waals surface area contributed by atoms with E-state index in [1.54, 1.807) is 19.1 Å². The number of carbonyl (C=O) groups excluding carboxylic acids is 2. The van der Waals surface area contributed by atoms with Crippen molar-refractivity contribution in [3.05, 3.63) is 71.0 Å². The molecule has 2 aromatic carbocycles. The zero-order valence-corrected chi connectivity index (χ0v) is 18.8. The van der Waals surface area contributed by atoms with Crippen LogP contribution in [0.5, 0.6) is 0 Å². The van der Waals surface area contributed by atoms with E-state index in [0.29, 0.717) is 5.76 Å². The second kappa shape index (κ2) is 9.23. The van der Waals surface area contributed by atoms with Gasteiger partial charge in [0.25, 0.3) is 15.9 Å². The quantitative estimate of drug-likeness (QED) is 0.519. The number of anilines is 2. The Bertz CT molecular complexity index is 1250. The lowest BCUT2D eigenvalue weighted by Crippen LogP contribution is -2.30. The van der Waals surface area contributed by atoms with Crippen molar-refractivity contribution in [1.29, 1.82) is 0 Å². The molecule has 1 unspecified atom stereocenters. The molecule has 3 aromatic rings. The Morgan fingerprint density at radius 3 is 2.28 bits per heavy atom. The molecule has 1 aromatic heterocycles. The molecule has 0 aliphatic heterocycles. The number of rotatable bonds is 7. The standard InChI is InChI=1S/C22H23N3O6S/c1-13-5-10-19(11-14(13)2)32(28,29)25-18-8-6-17(7-9-18)22(27)30-16(4)21(26)23-20-12-15(3)31-24-20/h5-12,16,25H,1-4H3,(H,23,24,26). The SMILES string of the molecule is Cc1cc(NC(=O)C(C)OC(=O)c2ccc(NS(=O)(=O)c3ccc(C)c(C)c3)cc2)no1. The van der Waals surface area contributed by atoms with Gasteiger partial charge in [0.2, 0.25) is 0 Å². The highest BCUT2D eigenvalue weighted by Crippen LogP contribution is 2.20. The van der Waals surface area contributed by atoms with E-state index in [4.69, 9.17) is 9.26 Å². The molecule has 0 spiro atoms. The summed E-state index contributed by atoms with van der Waals surface area (Å²) in [6.45, 7) is 6.84. The maximum absolute atomic E-state index is 12.6. The van der Waals surface area contributed by atoms with Crippen LogP contribution in [-0.4, -0.2) is 31.6 Å².